The number of hydrogen-bond acceptors (Lipinski definition) is 1. The van der Waals surface area contributed by atoms with Gasteiger partial charge in [0.25, 0.3) is 0 Å². The zero-order valence-corrected chi connectivity index (χ0v) is 14.3. The molecule has 1 aromatic heterocycles. The molecule has 114 valence electrons. The van der Waals surface area contributed by atoms with E-state index in [1.807, 2.05) is 30.6 Å². The number of aliphatic imine (C=N–C) groups is 1. The number of halogens is 2. The van der Waals surface area contributed by atoms with E-state index in [1.165, 1.54) is 6.07 Å². The molecular formula is C15H20FIN4. The van der Waals surface area contributed by atoms with Crippen molar-refractivity contribution in [2.45, 2.75) is 13.1 Å². The van der Waals surface area contributed by atoms with Gasteiger partial charge in [-0.2, -0.15) is 0 Å². The third-order valence-corrected chi connectivity index (χ3v) is 2.96. The minimum absolute atomic E-state index is 0. The van der Waals surface area contributed by atoms with Crippen molar-refractivity contribution in [3.05, 3.63) is 60.2 Å². The fourth-order valence-electron chi connectivity index (χ4n) is 1.86. The van der Waals surface area contributed by atoms with Gasteiger partial charge in [-0.3, -0.25) is 4.99 Å². The van der Waals surface area contributed by atoms with Gasteiger partial charge in [0.2, 0.25) is 0 Å². The highest BCUT2D eigenvalue weighted by atomic mass is 127. The summed E-state index contributed by atoms with van der Waals surface area (Å²) < 4.78 is 15.6. The molecular weight excluding hydrogens is 382 g/mol. The lowest BCUT2D eigenvalue weighted by Gasteiger charge is -2.12. The van der Waals surface area contributed by atoms with Crippen LogP contribution in [0.25, 0.3) is 0 Å². The first-order valence-electron chi connectivity index (χ1n) is 6.58. The Balaban J connectivity index is 0.00000220. The average Bonchev–Trinajstić information content (AvgIpc) is 2.97. The SMILES string of the molecule is CN=C(NCCn1cccc1)NCc1ccccc1F.I. The van der Waals surface area contributed by atoms with Crippen LogP contribution >= 0.6 is 24.0 Å². The van der Waals surface area contributed by atoms with E-state index in [9.17, 15) is 4.39 Å². The summed E-state index contributed by atoms with van der Waals surface area (Å²) in [6.07, 6.45) is 4.02. The fourth-order valence-corrected chi connectivity index (χ4v) is 1.86. The summed E-state index contributed by atoms with van der Waals surface area (Å²) in [5, 5.41) is 6.29. The molecule has 0 aliphatic heterocycles. The summed E-state index contributed by atoms with van der Waals surface area (Å²) in [6, 6.07) is 10.7. The molecule has 1 aromatic carbocycles. The molecule has 1 heterocycles. The zero-order valence-electron chi connectivity index (χ0n) is 11.9. The molecule has 2 N–H and O–H groups in total. The maximum Gasteiger partial charge on any atom is 0.191 e. The van der Waals surface area contributed by atoms with Crippen molar-refractivity contribution in [3.63, 3.8) is 0 Å². The molecule has 0 aliphatic carbocycles. The van der Waals surface area contributed by atoms with E-state index < -0.39 is 0 Å². The van der Waals surface area contributed by atoms with E-state index >= 15 is 0 Å². The summed E-state index contributed by atoms with van der Waals surface area (Å²) in [6.45, 7) is 2.02. The van der Waals surface area contributed by atoms with Crippen LogP contribution in [0.15, 0.2) is 53.8 Å². The monoisotopic (exact) mass is 402 g/mol. The Morgan fingerprint density at radius 2 is 1.86 bits per heavy atom. The number of benzene rings is 1. The molecule has 4 nitrogen and oxygen atoms in total. The van der Waals surface area contributed by atoms with Crippen LogP contribution in [-0.4, -0.2) is 24.1 Å². The lowest BCUT2D eigenvalue weighted by Crippen LogP contribution is -2.38. The molecule has 6 heteroatoms. The second kappa shape index (κ2) is 9.38. The van der Waals surface area contributed by atoms with Gasteiger partial charge in [-0.05, 0) is 18.2 Å². The van der Waals surface area contributed by atoms with Crippen LogP contribution in [0.5, 0.6) is 0 Å². The largest absolute Gasteiger partial charge is 0.355 e. The number of hydrogen-bond donors (Lipinski definition) is 2. The van der Waals surface area contributed by atoms with Crippen molar-refractivity contribution in [1.82, 2.24) is 15.2 Å². The van der Waals surface area contributed by atoms with Crippen LogP contribution in [0.4, 0.5) is 4.39 Å². The van der Waals surface area contributed by atoms with Crippen molar-refractivity contribution in [2.75, 3.05) is 13.6 Å². The topological polar surface area (TPSA) is 41.4 Å². The van der Waals surface area contributed by atoms with Gasteiger partial charge in [0.1, 0.15) is 5.82 Å². The fraction of sp³-hybridized carbons (Fsp3) is 0.267. The first-order valence-corrected chi connectivity index (χ1v) is 6.58. The van der Waals surface area contributed by atoms with Crippen molar-refractivity contribution < 1.29 is 4.39 Å². The Morgan fingerprint density at radius 1 is 1.14 bits per heavy atom. The maximum absolute atomic E-state index is 13.5. The lowest BCUT2D eigenvalue weighted by atomic mass is 10.2. The Kier molecular flexibility index (Phi) is 7.81. The van der Waals surface area contributed by atoms with Crippen LogP contribution in [-0.2, 0) is 13.1 Å². The normalized spacial score (nSPS) is 10.9. The van der Waals surface area contributed by atoms with Gasteiger partial charge in [-0.15, -0.1) is 24.0 Å². The number of guanidine groups is 1. The van der Waals surface area contributed by atoms with Gasteiger partial charge in [0.15, 0.2) is 5.96 Å². The first kappa shape index (κ1) is 17.5. The molecule has 0 radical (unpaired) electrons. The smallest absolute Gasteiger partial charge is 0.191 e. The number of nitrogens with zero attached hydrogens (tertiary/aromatic N) is 2. The van der Waals surface area contributed by atoms with E-state index in [2.05, 4.69) is 20.2 Å². The molecule has 0 saturated carbocycles. The Bertz CT molecular complexity index is 555. The highest BCUT2D eigenvalue weighted by Gasteiger charge is 2.02. The summed E-state index contributed by atoms with van der Waals surface area (Å²) >= 11 is 0. The summed E-state index contributed by atoms with van der Waals surface area (Å²) in [5.74, 6) is 0.461. The van der Waals surface area contributed by atoms with Crippen molar-refractivity contribution in [1.29, 1.82) is 0 Å². The molecule has 0 saturated heterocycles. The van der Waals surface area contributed by atoms with Crippen LogP contribution < -0.4 is 10.6 Å². The standard InChI is InChI=1S/C15H19FN4.HI/c1-17-15(18-8-11-20-9-4-5-10-20)19-12-13-6-2-3-7-14(13)16;/h2-7,9-10H,8,11-12H2,1H3,(H2,17,18,19);1H. The second-order valence-electron chi connectivity index (χ2n) is 4.36. The molecule has 0 fully saturated rings. The van der Waals surface area contributed by atoms with Crippen LogP contribution in [0, 0.1) is 5.82 Å². The summed E-state index contributed by atoms with van der Waals surface area (Å²) in [4.78, 5) is 4.11. The highest BCUT2D eigenvalue weighted by Crippen LogP contribution is 2.05. The lowest BCUT2D eigenvalue weighted by molar-refractivity contribution is 0.603. The van der Waals surface area contributed by atoms with Gasteiger partial charge in [0.05, 0.1) is 0 Å². The van der Waals surface area contributed by atoms with E-state index in [0.29, 0.717) is 18.1 Å². The van der Waals surface area contributed by atoms with Gasteiger partial charge in [-0.1, -0.05) is 18.2 Å². The Morgan fingerprint density at radius 3 is 2.52 bits per heavy atom. The first-order chi connectivity index (χ1) is 9.79. The summed E-state index contributed by atoms with van der Waals surface area (Å²) in [5.41, 5.74) is 0.626. The number of nitrogens with one attached hydrogen (secondary N) is 2. The predicted octanol–water partition coefficient (Wildman–Crippen LogP) is 2.61. The third kappa shape index (κ3) is 5.74. The van der Waals surface area contributed by atoms with E-state index in [1.54, 1.807) is 19.2 Å². The minimum atomic E-state index is -0.206. The molecule has 0 spiro atoms. The van der Waals surface area contributed by atoms with Gasteiger partial charge >= 0.3 is 0 Å². The van der Waals surface area contributed by atoms with E-state index in [-0.39, 0.29) is 29.8 Å². The number of rotatable bonds is 5. The van der Waals surface area contributed by atoms with E-state index in [4.69, 9.17) is 0 Å². The molecule has 0 unspecified atom stereocenters. The molecule has 0 aliphatic rings. The van der Waals surface area contributed by atoms with Gasteiger partial charge < -0.3 is 15.2 Å². The average molecular weight is 402 g/mol. The van der Waals surface area contributed by atoms with Crippen LogP contribution in [0.3, 0.4) is 0 Å². The highest BCUT2D eigenvalue weighted by molar-refractivity contribution is 14.0. The molecule has 21 heavy (non-hydrogen) atoms. The molecule has 0 atom stereocenters. The van der Waals surface area contributed by atoms with Crippen molar-refractivity contribution >= 4 is 29.9 Å². The Hall–Kier alpha value is -1.57. The molecule has 2 rings (SSSR count). The minimum Gasteiger partial charge on any atom is -0.355 e. The van der Waals surface area contributed by atoms with Gasteiger partial charge in [0, 0.05) is 44.6 Å². The van der Waals surface area contributed by atoms with Crippen LogP contribution in [0.2, 0.25) is 0 Å². The molecule has 0 amide bonds. The van der Waals surface area contributed by atoms with Crippen LogP contribution in [0.1, 0.15) is 5.56 Å². The maximum atomic E-state index is 13.5. The zero-order chi connectivity index (χ0) is 14.2. The quantitative estimate of drug-likeness (QED) is 0.459. The third-order valence-electron chi connectivity index (χ3n) is 2.96. The number of aromatic nitrogens is 1. The summed E-state index contributed by atoms with van der Waals surface area (Å²) in [7, 11) is 1.70. The van der Waals surface area contributed by atoms with E-state index in [0.717, 1.165) is 13.1 Å². The molecule has 2 aromatic rings. The Labute approximate surface area is 141 Å². The molecule has 0 bridgehead atoms. The van der Waals surface area contributed by atoms with Crippen molar-refractivity contribution in [2.24, 2.45) is 4.99 Å². The van der Waals surface area contributed by atoms with Crippen molar-refractivity contribution in [3.8, 4) is 0 Å². The van der Waals surface area contributed by atoms with Gasteiger partial charge in [-0.25, -0.2) is 4.39 Å². The second-order valence-corrected chi connectivity index (χ2v) is 4.36. The predicted molar refractivity (Wildman–Crippen MR) is 94.4 cm³/mol.